The van der Waals surface area contributed by atoms with Crippen molar-refractivity contribution in [3.05, 3.63) is 48.8 Å². The minimum Gasteiger partial charge on any atom is -0.279 e. The summed E-state index contributed by atoms with van der Waals surface area (Å²) in [4.78, 5) is 22.3. The number of hydrogen-bond donors (Lipinski definition) is 0. The summed E-state index contributed by atoms with van der Waals surface area (Å²) >= 11 is 2.91. The van der Waals surface area contributed by atoms with Gasteiger partial charge in [0.1, 0.15) is 11.5 Å². The molecule has 1 aromatic carbocycles. The number of nitro groups is 1. The van der Waals surface area contributed by atoms with Crippen LogP contribution in [0.5, 0.6) is 0 Å². The van der Waals surface area contributed by atoms with Crippen LogP contribution in [0.1, 0.15) is 12.7 Å². The lowest BCUT2D eigenvalue weighted by molar-refractivity contribution is -0.385. The molecule has 0 bridgehead atoms. The molecule has 0 radical (unpaired) electrons. The van der Waals surface area contributed by atoms with Crippen molar-refractivity contribution in [2.24, 2.45) is 0 Å². The van der Waals surface area contributed by atoms with Crippen molar-refractivity contribution in [2.75, 3.05) is 0 Å². The Morgan fingerprint density at radius 2 is 2.15 bits per heavy atom. The van der Waals surface area contributed by atoms with E-state index in [4.69, 9.17) is 0 Å². The molecule has 106 valence electrons. The van der Waals surface area contributed by atoms with Crippen molar-refractivity contribution < 1.29 is 9.31 Å². The summed E-state index contributed by atoms with van der Waals surface area (Å²) in [6.45, 7) is 3.73. The third-order valence-corrected chi connectivity index (χ3v) is 3.44. The highest BCUT2D eigenvalue weighted by molar-refractivity contribution is 9.10. The van der Waals surface area contributed by atoms with Gasteiger partial charge in [0.05, 0.1) is 9.40 Å². The molecule has 0 aliphatic rings. The van der Waals surface area contributed by atoms with Crippen LogP contribution in [-0.2, 0) is 6.54 Å². The van der Waals surface area contributed by atoms with E-state index in [0.717, 1.165) is 16.8 Å². The van der Waals surface area contributed by atoms with Gasteiger partial charge < -0.3 is 0 Å². The van der Waals surface area contributed by atoms with E-state index >= 15 is 0 Å². The van der Waals surface area contributed by atoms with E-state index in [2.05, 4.69) is 21.0 Å². The molecule has 2 aromatic rings. The number of benzene rings is 1. The molecule has 0 unspecified atom stereocenters. The number of nitro benzene ring substituents is 1. The molecule has 0 aliphatic carbocycles. The van der Waals surface area contributed by atoms with Crippen LogP contribution < -0.4 is 5.69 Å². The Hall–Kier alpha value is -2.03. The molecular formula is C11H10BrFN4O3. The van der Waals surface area contributed by atoms with Crippen molar-refractivity contribution in [3.8, 4) is 5.69 Å². The van der Waals surface area contributed by atoms with Crippen LogP contribution in [0.15, 0.2) is 21.4 Å². The summed E-state index contributed by atoms with van der Waals surface area (Å²) in [5.41, 5.74) is -1.13. The minimum atomic E-state index is -0.773. The van der Waals surface area contributed by atoms with Crippen LogP contribution in [0.25, 0.3) is 5.69 Å². The first-order valence-corrected chi connectivity index (χ1v) is 6.46. The van der Waals surface area contributed by atoms with Gasteiger partial charge in [0.25, 0.3) is 5.69 Å². The Bertz CT molecular complexity index is 753. The number of aromatic nitrogens is 3. The molecule has 0 spiro atoms. The highest BCUT2D eigenvalue weighted by atomic mass is 79.9. The van der Waals surface area contributed by atoms with Crippen LogP contribution in [0.2, 0.25) is 0 Å². The summed E-state index contributed by atoms with van der Waals surface area (Å²) < 4.78 is 16.1. The molecule has 0 N–H and O–H groups in total. The highest BCUT2D eigenvalue weighted by Crippen LogP contribution is 2.29. The molecule has 0 saturated carbocycles. The molecule has 0 amide bonds. The molecular weight excluding hydrogens is 335 g/mol. The molecule has 9 heteroatoms. The van der Waals surface area contributed by atoms with Crippen LogP contribution in [0.3, 0.4) is 0 Å². The van der Waals surface area contributed by atoms with Crippen molar-refractivity contribution in [2.45, 2.75) is 20.4 Å². The van der Waals surface area contributed by atoms with Gasteiger partial charge in [-0.1, -0.05) is 0 Å². The molecule has 0 atom stereocenters. The topological polar surface area (TPSA) is 83.0 Å². The second kappa shape index (κ2) is 5.16. The quantitative estimate of drug-likeness (QED) is 0.631. The van der Waals surface area contributed by atoms with E-state index in [-0.39, 0.29) is 15.8 Å². The Labute approximate surface area is 120 Å². The van der Waals surface area contributed by atoms with Gasteiger partial charge in [-0.15, -0.1) is 0 Å². The average molecular weight is 345 g/mol. The SMILES string of the molecule is CCn1c(C)nn(-c2cc([N+](=O)[O-])c(Br)cc2F)c1=O. The maximum absolute atomic E-state index is 13.9. The Kier molecular flexibility index (Phi) is 3.71. The summed E-state index contributed by atoms with van der Waals surface area (Å²) in [6, 6.07) is 1.92. The monoisotopic (exact) mass is 344 g/mol. The lowest BCUT2D eigenvalue weighted by Gasteiger charge is -2.03. The van der Waals surface area contributed by atoms with E-state index in [1.165, 1.54) is 4.57 Å². The largest absolute Gasteiger partial charge is 0.350 e. The molecule has 2 rings (SSSR count). The second-order valence-electron chi connectivity index (χ2n) is 4.00. The van der Waals surface area contributed by atoms with Crippen molar-refractivity contribution in [1.82, 2.24) is 14.3 Å². The van der Waals surface area contributed by atoms with Crippen LogP contribution in [0, 0.1) is 22.9 Å². The first-order chi connectivity index (χ1) is 9.36. The summed E-state index contributed by atoms with van der Waals surface area (Å²) in [7, 11) is 0. The number of hydrogen-bond acceptors (Lipinski definition) is 4. The average Bonchev–Trinajstić information content (AvgIpc) is 2.64. The molecule has 0 fully saturated rings. The maximum atomic E-state index is 13.9. The van der Waals surface area contributed by atoms with Gasteiger partial charge in [0.2, 0.25) is 0 Å². The maximum Gasteiger partial charge on any atom is 0.350 e. The van der Waals surface area contributed by atoms with Crippen molar-refractivity contribution >= 4 is 21.6 Å². The smallest absolute Gasteiger partial charge is 0.279 e. The predicted molar refractivity (Wildman–Crippen MR) is 72.5 cm³/mol. The molecule has 0 aliphatic heterocycles. The predicted octanol–water partition coefficient (Wildman–Crippen LogP) is 2.17. The molecule has 1 heterocycles. The van der Waals surface area contributed by atoms with Gasteiger partial charge in [-0.05, 0) is 35.8 Å². The highest BCUT2D eigenvalue weighted by Gasteiger charge is 2.20. The number of halogens is 2. The van der Waals surface area contributed by atoms with Crippen molar-refractivity contribution in [3.63, 3.8) is 0 Å². The van der Waals surface area contributed by atoms with Crippen LogP contribution in [0.4, 0.5) is 10.1 Å². The Morgan fingerprint density at radius 3 is 2.65 bits per heavy atom. The van der Waals surface area contributed by atoms with Crippen LogP contribution >= 0.6 is 15.9 Å². The van der Waals surface area contributed by atoms with Crippen molar-refractivity contribution in [1.29, 1.82) is 0 Å². The zero-order chi connectivity index (χ0) is 15.0. The summed E-state index contributed by atoms with van der Waals surface area (Å²) in [5.74, 6) is -0.368. The van der Waals surface area contributed by atoms with Gasteiger partial charge in [0, 0.05) is 12.6 Å². The third-order valence-electron chi connectivity index (χ3n) is 2.80. The van der Waals surface area contributed by atoms with Crippen LogP contribution in [-0.4, -0.2) is 19.3 Å². The van der Waals surface area contributed by atoms with Gasteiger partial charge in [-0.3, -0.25) is 14.7 Å². The van der Waals surface area contributed by atoms with E-state index in [9.17, 15) is 19.3 Å². The lowest BCUT2D eigenvalue weighted by atomic mass is 10.2. The molecule has 1 aromatic heterocycles. The minimum absolute atomic E-state index is 0.00319. The fraction of sp³-hybridized carbons (Fsp3) is 0.273. The Balaban J connectivity index is 2.73. The van der Waals surface area contributed by atoms with Gasteiger partial charge in [-0.2, -0.15) is 9.78 Å². The van der Waals surface area contributed by atoms with E-state index in [1.807, 2.05) is 0 Å². The summed E-state index contributed by atoms with van der Waals surface area (Å²) in [6.07, 6.45) is 0. The van der Waals surface area contributed by atoms with E-state index in [1.54, 1.807) is 13.8 Å². The van der Waals surface area contributed by atoms with Gasteiger partial charge in [0.15, 0.2) is 5.82 Å². The first-order valence-electron chi connectivity index (χ1n) is 5.67. The fourth-order valence-electron chi connectivity index (χ4n) is 1.84. The number of aryl methyl sites for hydroxylation is 1. The second-order valence-corrected chi connectivity index (χ2v) is 4.85. The molecule has 0 saturated heterocycles. The number of rotatable bonds is 3. The molecule has 7 nitrogen and oxygen atoms in total. The van der Waals surface area contributed by atoms with E-state index in [0.29, 0.717) is 12.4 Å². The summed E-state index contributed by atoms with van der Waals surface area (Å²) in [5, 5.41) is 14.8. The Morgan fingerprint density at radius 1 is 1.50 bits per heavy atom. The van der Waals surface area contributed by atoms with E-state index < -0.39 is 16.4 Å². The normalized spacial score (nSPS) is 10.8. The number of nitrogens with zero attached hydrogens (tertiary/aromatic N) is 4. The fourth-order valence-corrected chi connectivity index (χ4v) is 2.30. The third kappa shape index (κ3) is 2.24. The zero-order valence-corrected chi connectivity index (χ0v) is 12.2. The lowest BCUT2D eigenvalue weighted by Crippen LogP contribution is -2.24. The van der Waals surface area contributed by atoms with Gasteiger partial charge in [-0.25, -0.2) is 9.18 Å². The first kappa shape index (κ1) is 14.4. The zero-order valence-electron chi connectivity index (χ0n) is 10.6. The standard InChI is InChI=1S/C11H10BrFN4O3/c1-3-15-6(2)14-16(11(15)18)10-5-9(17(19)20)7(12)4-8(10)13/h4-5H,3H2,1-2H3. The molecule has 20 heavy (non-hydrogen) atoms. The van der Waals surface area contributed by atoms with Gasteiger partial charge >= 0.3 is 5.69 Å².